The first-order valence-corrected chi connectivity index (χ1v) is 17.9. The van der Waals surface area contributed by atoms with E-state index in [1.165, 1.54) is 12.3 Å². The van der Waals surface area contributed by atoms with Crippen LogP contribution < -0.4 is 0 Å². The van der Waals surface area contributed by atoms with Crippen LogP contribution in [0.25, 0.3) is 10.1 Å². The molecule has 39 heavy (non-hydrogen) atoms. The van der Waals surface area contributed by atoms with Crippen molar-refractivity contribution in [1.29, 1.82) is 0 Å². The molecule has 2 spiro atoms. The zero-order valence-electron chi connectivity index (χ0n) is 22.3. The summed E-state index contributed by atoms with van der Waals surface area (Å²) < 4.78 is 65.3. The SMILES string of the molecule is CC(CC1CC2(CCC2)CN1S(=O)(=O)c1ccco1)C1CC2(CCC2)CN1S(=O)(=O)c1ccc2ccsc2c1. The fourth-order valence-electron chi connectivity index (χ4n) is 7.84. The second-order valence-electron chi connectivity index (χ2n) is 12.7. The van der Waals surface area contributed by atoms with Crippen molar-refractivity contribution >= 4 is 41.5 Å². The first-order chi connectivity index (χ1) is 18.6. The number of hydrogen-bond donors (Lipinski definition) is 0. The van der Waals surface area contributed by atoms with Gasteiger partial charge in [0.2, 0.25) is 15.1 Å². The van der Waals surface area contributed by atoms with Crippen LogP contribution >= 0.6 is 11.3 Å². The molecule has 210 valence electrons. The maximum Gasteiger partial charge on any atom is 0.276 e. The van der Waals surface area contributed by atoms with E-state index in [1.54, 1.807) is 32.1 Å². The molecule has 0 bridgehead atoms. The van der Waals surface area contributed by atoms with Crippen molar-refractivity contribution in [2.24, 2.45) is 16.7 Å². The largest absolute Gasteiger partial charge is 0.452 e. The lowest BCUT2D eigenvalue weighted by Gasteiger charge is -2.38. The van der Waals surface area contributed by atoms with Crippen molar-refractivity contribution in [3.63, 3.8) is 0 Å². The third-order valence-corrected chi connectivity index (χ3v) is 14.8. The van der Waals surface area contributed by atoms with E-state index in [0.717, 1.165) is 61.5 Å². The molecule has 7 rings (SSSR count). The van der Waals surface area contributed by atoms with Gasteiger partial charge in [-0.3, -0.25) is 0 Å². The predicted molar refractivity (Wildman–Crippen MR) is 151 cm³/mol. The quantitative estimate of drug-likeness (QED) is 0.334. The van der Waals surface area contributed by atoms with Gasteiger partial charge >= 0.3 is 0 Å². The lowest BCUT2D eigenvalue weighted by Crippen LogP contribution is -2.43. The molecule has 4 aliphatic rings. The van der Waals surface area contributed by atoms with E-state index >= 15 is 0 Å². The van der Waals surface area contributed by atoms with Gasteiger partial charge in [0.25, 0.3) is 10.0 Å². The van der Waals surface area contributed by atoms with Gasteiger partial charge in [-0.2, -0.15) is 8.61 Å². The molecular formula is C29H36N2O5S3. The molecule has 0 N–H and O–H groups in total. The van der Waals surface area contributed by atoms with Crippen molar-refractivity contribution in [3.8, 4) is 0 Å². The summed E-state index contributed by atoms with van der Waals surface area (Å²) in [7, 11) is -7.43. The number of rotatable bonds is 7. The van der Waals surface area contributed by atoms with Crippen LogP contribution in [0.3, 0.4) is 0 Å². The number of thiophene rings is 1. The topological polar surface area (TPSA) is 87.9 Å². The Balaban J connectivity index is 1.18. The second kappa shape index (κ2) is 9.14. The Labute approximate surface area is 235 Å². The standard InChI is InChI=1S/C29H36N2O5S3/c1-21(15-23-17-28(9-3-10-28)19-30(23)39(34,35)27-5-2-13-36-27)25-18-29(11-4-12-29)20-31(25)38(32,33)24-7-6-22-8-14-37-26(22)16-24/h2,5-8,13-14,16,21,23,25H,3-4,9-12,15,17-20H2,1H3. The summed E-state index contributed by atoms with van der Waals surface area (Å²) in [5, 5.41) is 3.05. The van der Waals surface area contributed by atoms with Crippen molar-refractivity contribution in [1.82, 2.24) is 8.61 Å². The van der Waals surface area contributed by atoms with E-state index in [2.05, 4.69) is 6.92 Å². The molecule has 0 radical (unpaired) electrons. The van der Waals surface area contributed by atoms with Gasteiger partial charge < -0.3 is 4.42 Å². The van der Waals surface area contributed by atoms with Gasteiger partial charge in [-0.05, 0) is 103 Å². The predicted octanol–water partition coefficient (Wildman–Crippen LogP) is 6.09. The second-order valence-corrected chi connectivity index (χ2v) is 17.4. The van der Waals surface area contributed by atoms with Crippen LogP contribution in [0.4, 0.5) is 0 Å². The van der Waals surface area contributed by atoms with Crippen molar-refractivity contribution in [3.05, 3.63) is 48.0 Å². The minimum Gasteiger partial charge on any atom is -0.452 e. The molecule has 0 amide bonds. The van der Waals surface area contributed by atoms with Crippen LogP contribution in [-0.2, 0) is 20.0 Å². The summed E-state index contributed by atoms with van der Waals surface area (Å²) in [6.45, 7) is 3.23. The van der Waals surface area contributed by atoms with Gasteiger partial charge in [0, 0.05) is 29.9 Å². The summed E-state index contributed by atoms with van der Waals surface area (Å²) in [5.41, 5.74) is 0.112. The van der Waals surface area contributed by atoms with Crippen LogP contribution in [0, 0.1) is 16.7 Å². The van der Waals surface area contributed by atoms with E-state index in [1.807, 2.05) is 23.6 Å². The van der Waals surface area contributed by atoms with Gasteiger partial charge in [0.1, 0.15) is 0 Å². The Morgan fingerprint density at radius 1 is 0.949 bits per heavy atom. The third-order valence-electron chi connectivity index (χ3n) is 10.3. The van der Waals surface area contributed by atoms with E-state index in [9.17, 15) is 16.8 Å². The van der Waals surface area contributed by atoms with Crippen LogP contribution in [0.5, 0.6) is 0 Å². The molecule has 2 aromatic heterocycles. The number of sulfonamides is 2. The molecule has 3 unspecified atom stereocenters. The van der Waals surface area contributed by atoms with Crippen LogP contribution in [-0.4, -0.2) is 50.6 Å². The smallest absolute Gasteiger partial charge is 0.276 e. The monoisotopic (exact) mass is 588 g/mol. The molecule has 3 atom stereocenters. The minimum atomic E-state index is -3.74. The number of furan rings is 1. The minimum absolute atomic E-state index is 0.000938. The lowest BCUT2D eigenvalue weighted by atomic mass is 9.66. The third kappa shape index (κ3) is 4.24. The highest BCUT2D eigenvalue weighted by Gasteiger charge is 2.55. The van der Waals surface area contributed by atoms with Crippen molar-refractivity contribution in [2.75, 3.05) is 13.1 Å². The van der Waals surface area contributed by atoms with Gasteiger partial charge in [-0.1, -0.05) is 25.8 Å². The molecule has 7 nitrogen and oxygen atoms in total. The normalized spacial score (nSPS) is 27.7. The maximum atomic E-state index is 14.1. The Morgan fingerprint density at radius 2 is 1.67 bits per heavy atom. The Hall–Kier alpha value is -1.72. The highest BCUT2D eigenvalue weighted by molar-refractivity contribution is 7.89. The molecule has 2 saturated carbocycles. The average Bonchev–Trinajstić information content (AvgIpc) is 3.66. The highest BCUT2D eigenvalue weighted by Crippen LogP contribution is 2.55. The first-order valence-electron chi connectivity index (χ1n) is 14.2. The van der Waals surface area contributed by atoms with Crippen LogP contribution in [0.15, 0.2) is 62.4 Å². The van der Waals surface area contributed by atoms with Gasteiger partial charge in [0.05, 0.1) is 11.2 Å². The van der Waals surface area contributed by atoms with Crippen molar-refractivity contribution in [2.45, 2.75) is 86.8 Å². The zero-order chi connectivity index (χ0) is 27.0. The molecule has 2 aliphatic heterocycles. The highest BCUT2D eigenvalue weighted by atomic mass is 32.2. The number of benzene rings is 1. The Kier molecular flexibility index (Phi) is 6.14. The van der Waals surface area contributed by atoms with Crippen molar-refractivity contribution < 1.29 is 21.3 Å². The van der Waals surface area contributed by atoms with E-state index in [-0.39, 0.29) is 33.9 Å². The number of nitrogens with zero attached hydrogens (tertiary/aromatic N) is 2. The molecule has 3 aromatic rings. The molecule has 4 fully saturated rings. The molecule has 2 aliphatic carbocycles. The number of fused-ring (bicyclic) bond motifs is 1. The van der Waals surface area contributed by atoms with E-state index in [0.29, 0.717) is 24.4 Å². The zero-order valence-corrected chi connectivity index (χ0v) is 24.7. The fourth-order valence-corrected chi connectivity index (χ4v) is 12.3. The van der Waals surface area contributed by atoms with Gasteiger partial charge in [0.15, 0.2) is 0 Å². The van der Waals surface area contributed by atoms with Gasteiger partial charge in [-0.15, -0.1) is 11.3 Å². The first kappa shape index (κ1) is 26.2. The van der Waals surface area contributed by atoms with Gasteiger partial charge in [-0.25, -0.2) is 16.8 Å². The summed E-state index contributed by atoms with van der Waals surface area (Å²) in [4.78, 5) is 0.363. The van der Waals surface area contributed by atoms with E-state index in [4.69, 9.17) is 4.42 Å². The molecular weight excluding hydrogens is 553 g/mol. The van der Waals surface area contributed by atoms with E-state index < -0.39 is 20.0 Å². The molecule has 2 saturated heterocycles. The molecule has 1 aromatic carbocycles. The number of hydrogen-bond acceptors (Lipinski definition) is 6. The summed E-state index contributed by atoms with van der Waals surface area (Å²) in [6, 6.07) is 10.3. The maximum absolute atomic E-state index is 14.1. The summed E-state index contributed by atoms with van der Waals surface area (Å²) in [5.74, 6) is 0.0275. The lowest BCUT2D eigenvalue weighted by molar-refractivity contribution is 0.148. The molecule has 4 heterocycles. The fraction of sp³-hybridized carbons (Fsp3) is 0.586. The Morgan fingerprint density at radius 3 is 2.33 bits per heavy atom. The molecule has 10 heteroatoms. The Bertz CT molecular complexity index is 1590. The van der Waals surface area contributed by atoms with Crippen LogP contribution in [0.1, 0.15) is 64.7 Å². The van der Waals surface area contributed by atoms with Crippen LogP contribution in [0.2, 0.25) is 0 Å². The average molecular weight is 589 g/mol. The summed E-state index contributed by atoms with van der Waals surface area (Å²) in [6.07, 6.45) is 10.3. The summed E-state index contributed by atoms with van der Waals surface area (Å²) >= 11 is 1.56.